The first-order valence-corrected chi connectivity index (χ1v) is 6.23. The monoisotopic (exact) mass is 234 g/mol. The maximum absolute atomic E-state index is 10.8. The molecule has 1 saturated carbocycles. The van der Waals surface area contributed by atoms with Crippen LogP contribution >= 0.6 is 0 Å². The van der Waals surface area contributed by atoms with Gasteiger partial charge in [0.15, 0.2) is 12.1 Å². The van der Waals surface area contributed by atoms with Crippen molar-refractivity contribution in [2.75, 3.05) is 6.61 Å². The Bertz CT molecular complexity index is 381. The van der Waals surface area contributed by atoms with Crippen LogP contribution in [0.25, 0.3) is 0 Å². The maximum Gasteiger partial charge on any atom is 0.168 e. The molecule has 0 aromatic carbocycles. The minimum Gasteiger partial charge on any atom is -0.367 e. The molecule has 0 radical (unpaired) electrons. The number of ether oxygens (including phenoxy) is 1. The Morgan fingerprint density at radius 2 is 2.18 bits per heavy atom. The van der Waals surface area contributed by atoms with Crippen molar-refractivity contribution in [3.63, 3.8) is 0 Å². The number of hydrogen-bond donors (Lipinski definition) is 0. The van der Waals surface area contributed by atoms with Gasteiger partial charge in [-0.3, -0.25) is 4.79 Å². The third-order valence-electron chi connectivity index (χ3n) is 3.29. The number of carbonyl (C=O) groups is 1. The van der Waals surface area contributed by atoms with Gasteiger partial charge in [0.2, 0.25) is 0 Å². The molecule has 92 valence electrons. The summed E-state index contributed by atoms with van der Waals surface area (Å²) in [5.41, 5.74) is 0.0612. The summed E-state index contributed by atoms with van der Waals surface area (Å²) in [7, 11) is 0. The van der Waals surface area contributed by atoms with E-state index in [0.717, 1.165) is 32.0 Å². The van der Waals surface area contributed by atoms with Crippen molar-refractivity contribution >= 4 is 6.29 Å². The lowest BCUT2D eigenvalue weighted by molar-refractivity contribution is -0.0767. The van der Waals surface area contributed by atoms with Crippen LogP contribution < -0.4 is 0 Å². The van der Waals surface area contributed by atoms with Crippen LogP contribution in [0.5, 0.6) is 0 Å². The van der Waals surface area contributed by atoms with E-state index in [2.05, 4.69) is 9.97 Å². The van der Waals surface area contributed by atoms with Crippen LogP contribution in [0, 0.1) is 0 Å². The van der Waals surface area contributed by atoms with Gasteiger partial charge in [-0.05, 0) is 25.8 Å². The Kier molecular flexibility index (Phi) is 3.84. The zero-order chi connectivity index (χ0) is 12.1. The zero-order valence-corrected chi connectivity index (χ0v) is 10.2. The normalized spacial score (nSPS) is 18.9. The van der Waals surface area contributed by atoms with Gasteiger partial charge in [0, 0.05) is 12.8 Å². The molecule has 0 spiro atoms. The molecule has 0 amide bonds. The van der Waals surface area contributed by atoms with Crippen molar-refractivity contribution in [2.45, 2.75) is 44.6 Å². The molecule has 2 rings (SSSR count). The van der Waals surface area contributed by atoms with Crippen molar-refractivity contribution < 1.29 is 9.53 Å². The van der Waals surface area contributed by atoms with Crippen molar-refractivity contribution in [1.82, 2.24) is 9.97 Å². The molecule has 17 heavy (non-hydrogen) atoms. The highest BCUT2D eigenvalue weighted by Gasteiger charge is 2.37. The Morgan fingerprint density at radius 3 is 2.82 bits per heavy atom. The second kappa shape index (κ2) is 5.36. The molecular weight excluding hydrogens is 216 g/mol. The lowest BCUT2D eigenvalue weighted by atomic mass is 9.84. The van der Waals surface area contributed by atoms with Gasteiger partial charge < -0.3 is 4.74 Å². The van der Waals surface area contributed by atoms with Gasteiger partial charge in [-0.2, -0.15) is 0 Å². The Balaban J connectivity index is 2.33. The molecule has 1 aromatic heterocycles. The smallest absolute Gasteiger partial charge is 0.168 e. The molecule has 0 N–H and O–H groups in total. The molecule has 4 nitrogen and oxygen atoms in total. The number of aldehydes is 1. The molecule has 0 atom stereocenters. The first kappa shape index (κ1) is 12.2. The van der Waals surface area contributed by atoms with Crippen LogP contribution in [0.1, 0.15) is 55.3 Å². The van der Waals surface area contributed by atoms with Crippen LogP contribution in [0.2, 0.25) is 0 Å². The first-order valence-electron chi connectivity index (χ1n) is 6.23. The maximum atomic E-state index is 10.8. The van der Waals surface area contributed by atoms with Gasteiger partial charge in [-0.1, -0.05) is 19.3 Å². The summed E-state index contributed by atoms with van der Waals surface area (Å²) in [5, 5.41) is 0. The van der Waals surface area contributed by atoms with Gasteiger partial charge in [0.1, 0.15) is 11.3 Å². The molecule has 1 heterocycles. The average molecular weight is 234 g/mol. The van der Waals surface area contributed by atoms with E-state index < -0.39 is 0 Å². The standard InChI is InChI=1S/C13H18N2O2/c1-2-17-13(7-4-3-5-8-13)12-14-9-6-11(10-16)15-12/h6,9-10H,2-5,7-8H2,1H3. The second-order valence-corrected chi connectivity index (χ2v) is 4.41. The highest BCUT2D eigenvalue weighted by molar-refractivity contribution is 5.71. The van der Waals surface area contributed by atoms with Crippen LogP contribution in [0.4, 0.5) is 0 Å². The fourth-order valence-electron chi connectivity index (χ4n) is 2.49. The van der Waals surface area contributed by atoms with E-state index in [-0.39, 0.29) is 5.60 Å². The van der Waals surface area contributed by atoms with E-state index in [0.29, 0.717) is 18.1 Å². The lowest BCUT2D eigenvalue weighted by Gasteiger charge is -2.35. The number of hydrogen-bond acceptors (Lipinski definition) is 4. The van der Waals surface area contributed by atoms with Crippen LogP contribution in [0.3, 0.4) is 0 Å². The number of carbonyl (C=O) groups excluding carboxylic acids is 1. The Hall–Kier alpha value is -1.29. The average Bonchev–Trinajstić information content (AvgIpc) is 2.40. The van der Waals surface area contributed by atoms with Crippen LogP contribution in [-0.2, 0) is 10.3 Å². The first-order chi connectivity index (χ1) is 8.30. The lowest BCUT2D eigenvalue weighted by Crippen LogP contribution is -2.34. The molecule has 1 fully saturated rings. The third-order valence-corrected chi connectivity index (χ3v) is 3.29. The highest BCUT2D eigenvalue weighted by Crippen LogP contribution is 2.38. The number of rotatable bonds is 4. The van der Waals surface area contributed by atoms with Crippen molar-refractivity contribution in [2.24, 2.45) is 0 Å². The molecular formula is C13H18N2O2. The minimum atomic E-state index is -0.369. The molecule has 4 heteroatoms. The van der Waals surface area contributed by atoms with E-state index in [4.69, 9.17) is 4.74 Å². The molecule has 1 aromatic rings. The topological polar surface area (TPSA) is 52.1 Å². The largest absolute Gasteiger partial charge is 0.367 e. The summed E-state index contributed by atoms with van der Waals surface area (Å²) in [4.78, 5) is 19.4. The van der Waals surface area contributed by atoms with Gasteiger partial charge >= 0.3 is 0 Å². The molecule has 1 aliphatic rings. The number of nitrogens with zero attached hydrogens (tertiary/aromatic N) is 2. The fourth-order valence-corrected chi connectivity index (χ4v) is 2.49. The summed E-state index contributed by atoms with van der Waals surface area (Å²) < 4.78 is 5.92. The van der Waals surface area contributed by atoms with Gasteiger partial charge in [0.25, 0.3) is 0 Å². The predicted octanol–water partition coefficient (Wildman–Crippen LogP) is 2.49. The molecule has 0 unspecified atom stereocenters. The SMILES string of the molecule is CCOC1(c2nccc(C=O)n2)CCCCC1. The van der Waals surface area contributed by atoms with E-state index in [9.17, 15) is 4.79 Å². The summed E-state index contributed by atoms with van der Waals surface area (Å²) in [6, 6.07) is 1.62. The van der Waals surface area contributed by atoms with Crippen molar-refractivity contribution in [3.05, 3.63) is 23.8 Å². The highest BCUT2D eigenvalue weighted by atomic mass is 16.5. The zero-order valence-electron chi connectivity index (χ0n) is 10.2. The van der Waals surface area contributed by atoms with E-state index in [1.165, 1.54) is 6.42 Å². The summed E-state index contributed by atoms with van der Waals surface area (Å²) in [6.07, 6.45) is 7.80. The predicted molar refractivity (Wildman–Crippen MR) is 63.8 cm³/mol. The van der Waals surface area contributed by atoms with Gasteiger partial charge in [-0.15, -0.1) is 0 Å². The quantitative estimate of drug-likeness (QED) is 0.751. The molecule has 1 aliphatic carbocycles. The molecule has 0 aliphatic heterocycles. The molecule has 0 bridgehead atoms. The van der Waals surface area contributed by atoms with E-state index >= 15 is 0 Å². The van der Waals surface area contributed by atoms with Crippen LogP contribution in [-0.4, -0.2) is 22.9 Å². The summed E-state index contributed by atoms with van der Waals surface area (Å²) in [6.45, 7) is 2.63. The van der Waals surface area contributed by atoms with Crippen LogP contribution in [0.15, 0.2) is 12.3 Å². The Morgan fingerprint density at radius 1 is 1.41 bits per heavy atom. The Labute approximate surface area is 101 Å². The van der Waals surface area contributed by atoms with Gasteiger partial charge in [0.05, 0.1) is 0 Å². The van der Waals surface area contributed by atoms with Gasteiger partial charge in [-0.25, -0.2) is 9.97 Å². The minimum absolute atomic E-state index is 0.369. The van der Waals surface area contributed by atoms with E-state index in [1.807, 2.05) is 6.92 Å². The number of aromatic nitrogens is 2. The van der Waals surface area contributed by atoms with Crippen molar-refractivity contribution in [3.8, 4) is 0 Å². The van der Waals surface area contributed by atoms with E-state index in [1.54, 1.807) is 12.3 Å². The molecule has 0 saturated heterocycles. The second-order valence-electron chi connectivity index (χ2n) is 4.41. The third kappa shape index (κ3) is 2.52. The summed E-state index contributed by atoms with van der Waals surface area (Å²) in [5.74, 6) is 0.670. The fraction of sp³-hybridized carbons (Fsp3) is 0.615. The van der Waals surface area contributed by atoms with Crippen molar-refractivity contribution in [1.29, 1.82) is 0 Å². The summed E-state index contributed by atoms with van der Waals surface area (Å²) >= 11 is 0.